The summed E-state index contributed by atoms with van der Waals surface area (Å²) in [6.07, 6.45) is 0.729. The van der Waals surface area contributed by atoms with Crippen molar-refractivity contribution in [1.82, 2.24) is 15.0 Å². The first-order valence-corrected chi connectivity index (χ1v) is 9.34. The second kappa shape index (κ2) is 8.41. The van der Waals surface area contributed by atoms with Gasteiger partial charge in [0.2, 0.25) is 5.82 Å². The van der Waals surface area contributed by atoms with Crippen LogP contribution in [0.4, 0.5) is 4.79 Å². The number of hydrogen-bond donors (Lipinski definition) is 0. The number of piperidine rings is 1. The van der Waals surface area contributed by atoms with Crippen molar-refractivity contribution in [2.45, 2.75) is 45.8 Å². The molecule has 1 aliphatic heterocycles. The number of hydrogen-bond acceptors (Lipinski definition) is 7. The van der Waals surface area contributed by atoms with Crippen LogP contribution in [0, 0.1) is 5.92 Å². The third-order valence-corrected chi connectivity index (χ3v) is 4.32. The predicted octanol–water partition coefficient (Wildman–Crippen LogP) is 3.43. The molecule has 8 nitrogen and oxygen atoms in total. The van der Waals surface area contributed by atoms with Crippen molar-refractivity contribution in [3.8, 4) is 11.4 Å². The molecular weight excluding hydrogens is 362 g/mol. The van der Waals surface area contributed by atoms with Gasteiger partial charge in [0.05, 0.1) is 5.92 Å². The third-order valence-electron chi connectivity index (χ3n) is 4.32. The third kappa shape index (κ3) is 5.31. The molecule has 28 heavy (non-hydrogen) atoms. The van der Waals surface area contributed by atoms with E-state index in [2.05, 4.69) is 10.1 Å². The Kier molecular flexibility index (Phi) is 5.96. The molecule has 0 radical (unpaired) electrons. The normalized spacial score (nSPS) is 15.3. The number of rotatable bonds is 4. The zero-order valence-corrected chi connectivity index (χ0v) is 16.4. The molecular formula is C20H25N3O5. The number of nitrogens with zero attached hydrogens (tertiary/aromatic N) is 3. The van der Waals surface area contributed by atoms with Crippen LogP contribution >= 0.6 is 0 Å². The fourth-order valence-corrected chi connectivity index (χ4v) is 2.89. The van der Waals surface area contributed by atoms with Crippen molar-refractivity contribution in [3.05, 3.63) is 36.2 Å². The number of ether oxygens (including phenoxy) is 2. The minimum absolute atomic E-state index is 0.0645. The van der Waals surface area contributed by atoms with Gasteiger partial charge in [-0.3, -0.25) is 4.79 Å². The van der Waals surface area contributed by atoms with Crippen LogP contribution in [0.25, 0.3) is 11.4 Å². The zero-order chi connectivity index (χ0) is 20.1. The monoisotopic (exact) mass is 387 g/mol. The van der Waals surface area contributed by atoms with Crippen molar-refractivity contribution < 1.29 is 23.6 Å². The minimum atomic E-state index is -0.532. The second-order valence-corrected chi connectivity index (χ2v) is 7.73. The summed E-state index contributed by atoms with van der Waals surface area (Å²) < 4.78 is 15.8. The molecule has 0 unspecified atom stereocenters. The van der Waals surface area contributed by atoms with E-state index < -0.39 is 5.60 Å². The highest BCUT2D eigenvalue weighted by Crippen LogP contribution is 2.21. The van der Waals surface area contributed by atoms with Gasteiger partial charge in [0.1, 0.15) is 5.60 Å². The van der Waals surface area contributed by atoms with Crippen molar-refractivity contribution >= 4 is 12.1 Å². The maximum absolute atomic E-state index is 12.3. The summed E-state index contributed by atoms with van der Waals surface area (Å²) in [6, 6.07) is 9.42. The van der Waals surface area contributed by atoms with Gasteiger partial charge in [-0.15, -0.1) is 0 Å². The molecule has 1 amide bonds. The molecule has 150 valence electrons. The summed E-state index contributed by atoms with van der Waals surface area (Å²) in [4.78, 5) is 30.3. The maximum Gasteiger partial charge on any atom is 0.410 e. The smallest absolute Gasteiger partial charge is 0.410 e. The second-order valence-electron chi connectivity index (χ2n) is 7.73. The molecule has 3 rings (SSSR count). The van der Waals surface area contributed by atoms with Crippen molar-refractivity contribution in [2.24, 2.45) is 5.92 Å². The Labute approximate surface area is 163 Å². The predicted molar refractivity (Wildman–Crippen MR) is 100 cm³/mol. The summed E-state index contributed by atoms with van der Waals surface area (Å²) >= 11 is 0. The van der Waals surface area contributed by atoms with Crippen LogP contribution in [0.2, 0.25) is 0 Å². The first-order chi connectivity index (χ1) is 13.3. The van der Waals surface area contributed by atoms with E-state index in [4.69, 9.17) is 14.0 Å². The molecule has 8 heteroatoms. The number of aromatic nitrogens is 2. The van der Waals surface area contributed by atoms with Gasteiger partial charge >= 0.3 is 12.1 Å². The quantitative estimate of drug-likeness (QED) is 0.742. The molecule has 1 fully saturated rings. The lowest BCUT2D eigenvalue weighted by Crippen LogP contribution is -2.43. The van der Waals surface area contributed by atoms with E-state index in [1.54, 1.807) is 4.90 Å². The van der Waals surface area contributed by atoms with E-state index in [0.29, 0.717) is 31.8 Å². The van der Waals surface area contributed by atoms with Gasteiger partial charge in [-0.25, -0.2) is 4.79 Å². The number of likely N-dealkylation sites (tertiary alicyclic amines) is 1. The van der Waals surface area contributed by atoms with Gasteiger partial charge < -0.3 is 18.9 Å². The molecule has 1 saturated heterocycles. The molecule has 2 heterocycles. The van der Waals surface area contributed by atoms with Crippen LogP contribution in [0.1, 0.15) is 39.5 Å². The Morgan fingerprint density at radius 1 is 1.18 bits per heavy atom. The average Bonchev–Trinajstić information content (AvgIpc) is 3.15. The van der Waals surface area contributed by atoms with Crippen LogP contribution in [0.15, 0.2) is 34.9 Å². The lowest BCUT2D eigenvalue weighted by Gasteiger charge is -2.32. The van der Waals surface area contributed by atoms with Crippen LogP contribution in [-0.4, -0.2) is 45.8 Å². The highest BCUT2D eigenvalue weighted by atomic mass is 16.6. The molecule has 1 aliphatic rings. The molecule has 0 saturated carbocycles. The lowest BCUT2D eigenvalue weighted by molar-refractivity contribution is -0.152. The molecule has 0 aliphatic carbocycles. The molecule has 2 aromatic rings. The zero-order valence-electron chi connectivity index (χ0n) is 16.4. The Morgan fingerprint density at radius 2 is 1.86 bits per heavy atom. The van der Waals surface area contributed by atoms with Gasteiger partial charge in [-0.2, -0.15) is 4.98 Å². The highest BCUT2D eigenvalue weighted by molar-refractivity contribution is 5.73. The highest BCUT2D eigenvalue weighted by Gasteiger charge is 2.31. The standard InChI is InChI=1S/C20H25N3O5/c1-20(2,3)27-19(25)23-11-9-15(10-12-23)18(24)26-13-16-21-17(22-28-16)14-7-5-4-6-8-14/h4-8,15H,9-13H2,1-3H3. The average molecular weight is 387 g/mol. The van der Waals surface area contributed by atoms with E-state index in [9.17, 15) is 9.59 Å². The topological polar surface area (TPSA) is 94.8 Å². The largest absolute Gasteiger partial charge is 0.455 e. The van der Waals surface area contributed by atoms with Gasteiger partial charge in [0, 0.05) is 18.7 Å². The summed E-state index contributed by atoms with van der Waals surface area (Å²) in [5.41, 5.74) is 0.300. The lowest BCUT2D eigenvalue weighted by atomic mass is 9.97. The molecule has 0 N–H and O–H groups in total. The van der Waals surface area contributed by atoms with Gasteiger partial charge in [-0.1, -0.05) is 35.5 Å². The van der Waals surface area contributed by atoms with Crippen LogP contribution in [0.5, 0.6) is 0 Å². The summed E-state index contributed by atoms with van der Waals surface area (Å²) in [5.74, 6) is 0.134. The van der Waals surface area contributed by atoms with Crippen LogP contribution in [0.3, 0.4) is 0 Å². The number of carbonyl (C=O) groups excluding carboxylic acids is 2. The van der Waals surface area contributed by atoms with E-state index >= 15 is 0 Å². The molecule has 0 bridgehead atoms. The first-order valence-electron chi connectivity index (χ1n) is 9.34. The van der Waals surface area contributed by atoms with Crippen molar-refractivity contribution in [3.63, 3.8) is 0 Å². The Bertz CT molecular complexity index is 805. The van der Waals surface area contributed by atoms with E-state index in [-0.39, 0.29) is 30.5 Å². The molecule has 1 aromatic heterocycles. The summed E-state index contributed by atoms with van der Waals surface area (Å²) in [7, 11) is 0. The van der Waals surface area contributed by atoms with E-state index in [1.165, 1.54) is 0 Å². The molecule has 0 spiro atoms. The van der Waals surface area contributed by atoms with E-state index in [0.717, 1.165) is 5.56 Å². The van der Waals surface area contributed by atoms with Crippen LogP contribution < -0.4 is 0 Å². The molecule has 0 atom stereocenters. The Hall–Kier alpha value is -2.90. The van der Waals surface area contributed by atoms with Gasteiger partial charge in [0.15, 0.2) is 6.61 Å². The SMILES string of the molecule is CC(C)(C)OC(=O)N1CCC(C(=O)OCc2nc(-c3ccccc3)no2)CC1. The van der Waals surface area contributed by atoms with E-state index in [1.807, 2.05) is 51.1 Å². The number of amides is 1. The minimum Gasteiger partial charge on any atom is -0.455 e. The van der Waals surface area contributed by atoms with Gasteiger partial charge in [-0.05, 0) is 33.6 Å². The van der Waals surface area contributed by atoms with Gasteiger partial charge in [0.25, 0.3) is 5.89 Å². The summed E-state index contributed by atoms with van der Waals surface area (Å²) in [6.45, 7) is 6.35. The Balaban J connectivity index is 1.45. The number of carbonyl (C=O) groups is 2. The Morgan fingerprint density at radius 3 is 2.50 bits per heavy atom. The molecule has 1 aromatic carbocycles. The fourth-order valence-electron chi connectivity index (χ4n) is 2.89. The first kappa shape index (κ1) is 19.9. The summed E-state index contributed by atoms with van der Waals surface area (Å²) in [5, 5.41) is 3.90. The fraction of sp³-hybridized carbons (Fsp3) is 0.500. The number of benzene rings is 1. The maximum atomic E-state index is 12.3. The van der Waals surface area contributed by atoms with Crippen molar-refractivity contribution in [1.29, 1.82) is 0 Å². The van der Waals surface area contributed by atoms with Crippen LogP contribution in [-0.2, 0) is 20.9 Å². The van der Waals surface area contributed by atoms with Crippen molar-refractivity contribution in [2.75, 3.05) is 13.1 Å². The number of esters is 1.